The third-order valence-electron chi connectivity index (χ3n) is 3.32. The zero-order valence-corrected chi connectivity index (χ0v) is 13.4. The molecule has 1 aromatic heterocycles. The van der Waals surface area contributed by atoms with Gasteiger partial charge in [0, 0.05) is 12.7 Å². The molecule has 0 aliphatic heterocycles. The van der Waals surface area contributed by atoms with Crippen LogP contribution in [-0.4, -0.2) is 18.3 Å². The minimum absolute atomic E-state index is 0.257. The van der Waals surface area contributed by atoms with Crippen LogP contribution in [0.2, 0.25) is 0 Å². The molecular weight excluding hydrogens is 268 g/mol. The topological polar surface area (TPSA) is 33.2 Å². The average Bonchev–Trinajstić information content (AvgIpc) is 2.82. The quantitative estimate of drug-likeness (QED) is 0.779. The fourth-order valence-corrected chi connectivity index (χ4v) is 3.27. The lowest BCUT2D eigenvalue weighted by Gasteiger charge is -2.18. The van der Waals surface area contributed by atoms with Gasteiger partial charge in [0.2, 0.25) is 0 Å². The molecule has 0 amide bonds. The highest BCUT2D eigenvalue weighted by molar-refractivity contribution is 7.17. The number of aromatic nitrogens is 1. The lowest BCUT2D eigenvalue weighted by atomic mass is 10.1. The maximum Gasteiger partial charge on any atom is 0.190 e. The molecule has 2 aromatic rings. The summed E-state index contributed by atoms with van der Waals surface area (Å²) in [5.74, 6) is 0.257. The first-order chi connectivity index (χ1) is 9.43. The van der Waals surface area contributed by atoms with E-state index in [2.05, 4.69) is 55.8 Å². The van der Waals surface area contributed by atoms with Crippen LogP contribution in [0.5, 0.6) is 0 Å². The lowest BCUT2D eigenvalue weighted by Crippen LogP contribution is -2.10. The molecule has 0 spiro atoms. The van der Waals surface area contributed by atoms with Crippen LogP contribution in [0.25, 0.3) is 0 Å². The molecule has 4 heteroatoms. The average molecular weight is 288 g/mol. The SMILES string of the molecule is Cc1ccc(N(C)c2nc(C(C)C)c(C=O)s2)c(C)c1. The molecule has 0 atom stereocenters. The van der Waals surface area contributed by atoms with Gasteiger partial charge in [-0.2, -0.15) is 0 Å². The third-order valence-corrected chi connectivity index (χ3v) is 4.40. The number of aldehydes is 1. The second-order valence-electron chi connectivity index (χ2n) is 5.37. The van der Waals surface area contributed by atoms with Crippen molar-refractivity contribution in [2.24, 2.45) is 0 Å². The van der Waals surface area contributed by atoms with Crippen LogP contribution in [0.15, 0.2) is 18.2 Å². The summed E-state index contributed by atoms with van der Waals surface area (Å²) in [6.45, 7) is 8.30. The number of hydrogen-bond donors (Lipinski definition) is 0. The Morgan fingerprint density at radius 1 is 1.30 bits per heavy atom. The molecule has 0 fully saturated rings. The van der Waals surface area contributed by atoms with Gasteiger partial charge in [0.05, 0.1) is 10.6 Å². The van der Waals surface area contributed by atoms with Crippen molar-refractivity contribution in [3.8, 4) is 0 Å². The summed E-state index contributed by atoms with van der Waals surface area (Å²) in [7, 11) is 2.00. The van der Waals surface area contributed by atoms with Crippen molar-refractivity contribution < 1.29 is 4.79 Å². The zero-order valence-electron chi connectivity index (χ0n) is 12.6. The van der Waals surface area contributed by atoms with Gasteiger partial charge in [-0.25, -0.2) is 4.98 Å². The van der Waals surface area contributed by atoms with Gasteiger partial charge in [-0.1, -0.05) is 42.9 Å². The molecule has 0 bridgehead atoms. The lowest BCUT2D eigenvalue weighted by molar-refractivity contribution is 0.112. The maximum absolute atomic E-state index is 11.2. The fraction of sp³-hybridized carbons (Fsp3) is 0.375. The van der Waals surface area contributed by atoms with Crippen molar-refractivity contribution in [3.05, 3.63) is 39.9 Å². The number of aryl methyl sites for hydroxylation is 2. The van der Waals surface area contributed by atoms with Crippen molar-refractivity contribution in [3.63, 3.8) is 0 Å². The van der Waals surface area contributed by atoms with E-state index < -0.39 is 0 Å². The Labute approximate surface area is 124 Å². The molecule has 3 nitrogen and oxygen atoms in total. The van der Waals surface area contributed by atoms with Crippen LogP contribution in [0.1, 0.15) is 46.3 Å². The molecule has 1 heterocycles. The van der Waals surface area contributed by atoms with Crippen molar-refractivity contribution in [2.45, 2.75) is 33.6 Å². The summed E-state index contributed by atoms with van der Waals surface area (Å²) in [6.07, 6.45) is 0.909. The first-order valence-electron chi connectivity index (χ1n) is 6.71. The van der Waals surface area contributed by atoms with Gasteiger partial charge < -0.3 is 4.90 Å². The highest BCUT2D eigenvalue weighted by Gasteiger charge is 2.17. The van der Waals surface area contributed by atoms with Gasteiger partial charge in [-0.3, -0.25) is 4.79 Å². The van der Waals surface area contributed by atoms with Crippen LogP contribution in [0, 0.1) is 13.8 Å². The van der Waals surface area contributed by atoms with Gasteiger partial charge in [-0.15, -0.1) is 0 Å². The van der Waals surface area contributed by atoms with Gasteiger partial charge in [0.1, 0.15) is 0 Å². The van der Waals surface area contributed by atoms with E-state index in [0.717, 1.165) is 27.7 Å². The number of carbonyl (C=O) groups excluding carboxylic acids is 1. The molecule has 0 radical (unpaired) electrons. The Hall–Kier alpha value is -1.68. The minimum atomic E-state index is 0.257. The Morgan fingerprint density at radius 3 is 2.50 bits per heavy atom. The number of rotatable bonds is 4. The summed E-state index contributed by atoms with van der Waals surface area (Å²) in [5, 5.41) is 0.864. The van der Waals surface area contributed by atoms with Gasteiger partial charge in [-0.05, 0) is 31.4 Å². The summed E-state index contributed by atoms with van der Waals surface area (Å²) in [6, 6.07) is 6.35. The Balaban J connectivity index is 2.42. The van der Waals surface area contributed by atoms with Crippen LogP contribution >= 0.6 is 11.3 Å². The van der Waals surface area contributed by atoms with E-state index in [1.807, 2.05) is 7.05 Å². The second kappa shape index (κ2) is 5.75. The van der Waals surface area contributed by atoms with Crippen LogP contribution in [0.3, 0.4) is 0 Å². The maximum atomic E-state index is 11.2. The highest BCUT2D eigenvalue weighted by Crippen LogP contribution is 2.34. The summed E-state index contributed by atoms with van der Waals surface area (Å²) < 4.78 is 0. The van der Waals surface area contributed by atoms with E-state index in [-0.39, 0.29) is 5.92 Å². The van der Waals surface area contributed by atoms with Gasteiger partial charge >= 0.3 is 0 Å². The number of carbonyl (C=O) groups is 1. The smallest absolute Gasteiger partial charge is 0.190 e. The third kappa shape index (κ3) is 2.75. The van der Waals surface area contributed by atoms with Gasteiger partial charge in [0.25, 0.3) is 0 Å². The molecule has 0 aliphatic carbocycles. The largest absolute Gasteiger partial charge is 0.321 e. The Morgan fingerprint density at radius 2 is 2.00 bits per heavy atom. The van der Waals surface area contributed by atoms with Crippen LogP contribution in [-0.2, 0) is 0 Å². The predicted octanol–water partition coefficient (Wildman–Crippen LogP) is 4.46. The summed E-state index contributed by atoms with van der Waals surface area (Å²) >= 11 is 1.45. The molecule has 2 rings (SSSR count). The molecule has 20 heavy (non-hydrogen) atoms. The predicted molar refractivity (Wildman–Crippen MR) is 85.6 cm³/mol. The standard InChI is InChI=1S/C16H20N2OS/c1-10(2)15-14(9-19)20-16(17-15)18(5)13-7-6-11(3)8-12(13)4/h6-10H,1-5H3. The fourth-order valence-electron chi connectivity index (χ4n) is 2.26. The van der Waals surface area contributed by atoms with E-state index in [9.17, 15) is 4.79 Å². The minimum Gasteiger partial charge on any atom is -0.321 e. The monoisotopic (exact) mass is 288 g/mol. The van der Waals surface area contributed by atoms with Gasteiger partial charge in [0.15, 0.2) is 11.4 Å². The van der Waals surface area contributed by atoms with E-state index in [4.69, 9.17) is 0 Å². The van der Waals surface area contributed by atoms with E-state index in [1.54, 1.807) is 0 Å². The van der Waals surface area contributed by atoms with Crippen molar-refractivity contribution in [2.75, 3.05) is 11.9 Å². The highest BCUT2D eigenvalue weighted by atomic mass is 32.1. The van der Waals surface area contributed by atoms with Crippen molar-refractivity contribution >= 4 is 28.4 Å². The Bertz CT molecular complexity index is 631. The number of hydrogen-bond acceptors (Lipinski definition) is 4. The van der Waals surface area contributed by atoms with E-state index in [1.165, 1.54) is 22.5 Å². The number of thiazole rings is 1. The number of anilines is 2. The molecule has 0 unspecified atom stereocenters. The van der Waals surface area contributed by atoms with Crippen molar-refractivity contribution in [1.82, 2.24) is 4.98 Å². The normalized spacial score (nSPS) is 10.9. The number of nitrogens with zero attached hydrogens (tertiary/aromatic N) is 2. The molecular formula is C16H20N2OS. The molecule has 0 N–H and O–H groups in total. The first-order valence-corrected chi connectivity index (χ1v) is 7.52. The summed E-state index contributed by atoms with van der Waals surface area (Å²) in [4.78, 5) is 18.6. The van der Waals surface area contributed by atoms with Crippen LogP contribution in [0.4, 0.5) is 10.8 Å². The van der Waals surface area contributed by atoms with E-state index in [0.29, 0.717) is 0 Å². The first kappa shape index (κ1) is 14.7. The summed E-state index contributed by atoms with van der Waals surface area (Å²) in [5.41, 5.74) is 4.46. The zero-order chi connectivity index (χ0) is 14.9. The van der Waals surface area contributed by atoms with Crippen molar-refractivity contribution in [1.29, 1.82) is 0 Å². The molecule has 106 valence electrons. The van der Waals surface area contributed by atoms with E-state index >= 15 is 0 Å². The Kier molecular flexibility index (Phi) is 4.23. The molecule has 0 aliphatic rings. The molecule has 0 saturated carbocycles. The molecule has 0 saturated heterocycles. The number of benzene rings is 1. The van der Waals surface area contributed by atoms with Crippen LogP contribution < -0.4 is 4.90 Å². The molecule has 1 aromatic carbocycles. The second-order valence-corrected chi connectivity index (χ2v) is 6.38.